The van der Waals surface area contributed by atoms with E-state index in [1.54, 1.807) is 31.2 Å². The zero-order valence-corrected chi connectivity index (χ0v) is 17.7. The molecule has 1 aliphatic rings. The molecule has 0 aliphatic carbocycles. The fourth-order valence-corrected chi connectivity index (χ4v) is 5.01. The Bertz CT molecular complexity index is 1000. The van der Waals surface area contributed by atoms with Crippen LogP contribution in [0.4, 0.5) is 0 Å². The number of sulfonamides is 1. The molecule has 0 unspecified atom stereocenters. The molecule has 1 fully saturated rings. The molecule has 3 rings (SSSR count). The average Bonchev–Trinajstić information content (AvgIpc) is 3.25. The zero-order chi connectivity index (χ0) is 21.7. The number of nitrogens with zero attached hydrogens (tertiary/aromatic N) is 1. The molecule has 2 amide bonds. The van der Waals surface area contributed by atoms with Crippen LogP contribution < -0.4 is 10.6 Å². The van der Waals surface area contributed by atoms with Gasteiger partial charge in [-0.3, -0.25) is 9.59 Å². The number of rotatable bonds is 6. The highest BCUT2D eigenvalue weighted by molar-refractivity contribution is 7.89. The lowest BCUT2D eigenvalue weighted by Gasteiger charge is -2.35. The first-order valence-corrected chi connectivity index (χ1v) is 11.0. The lowest BCUT2D eigenvalue weighted by molar-refractivity contribution is -0.140. The minimum absolute atomic E-state index is 0.0757. The Kier molecular flexibility index (Phi) is 6.91. The van der Waals surface area contributed by atoms with Crippen molar-refractivity contribution >= 4 is 21.8 Å². The van der Waals surface area contributed by atoms with E-state index < -0.39 is 28.1 Å². The highest BCUT2D eigenvalue weighted by Gasteiger charge is 2.35. The van der Waals surface area contributed by atoms with Crippen molar-refractivity contribution < 1.29 is 27.2 Å². The molecule has 30 heavy (non-hydrogen) atoms. The number of aryl methyl sites for hydroxylation is 2. The van der Waals surface area contributed by atoms with Crippen molar-refractivity contribution in [2.24, 2.45) is 0 Å². The minimum Gasteiger partial charge on any atom is -0.467 e. The Morgan fingerprint density at radius 3 is 2.67 bits per heavy atom. The molecule has 1 saturated heterocycles. The molecule has 0 saturated carbocycles. The third-order valence-corrected chi connectivity index (χ3v) is 6.76. The normalized spacial score (nSPS) is 17.5. The van der Waals surface area contributed by atoms with Gasteiger partial charge in [0.1, 0.15) is 12.0 Å². The van der Waals surface area contributed by atoms with Gasteiger partial charge in [-0.2, -0.15) is 4.31 Å². The van der Waals surface area contributed by atoms with Gasteiger partial charge in [-0.05, 0) is 49.6 Å². The number of amides is 2. The first-order valence-electron chi connectivity index (χ1n) is 9.58. The topological polar surface area (TPSA) is 118 Å². The summed E-state index contributed by atoms with van der Waals surface area (Å²) in [4.78, 5) is 24.3. The van der Waals surface area contributed by atoms with Gasteiger partial charge < -0.3 is 19.8 Å². The maximum Gasteiger partial charge on any atom is 0.309 e. The van der Waals surface area contributed by atoms with Gasteiger partial charge in [0.15, 0.2) is 0 Å². The molecule has 1 aliphatic heterocycles. The lowest BCUT2D eigenvalue weighted by Crippen LogP contribution is -2.53. The highest BCUT2D eigenvalue weighted by atomic mass is 32.2. The van der Waals surface area contributed by atoms with Crippen LogP contribution in [-0.4, -0.2) is 50.5 Å². The smallest absolute Gasteiger partial charge is 0.309 e. The van der Waals surface area contributed by atoms with E-state index in [2.05, 4.69) is 10.6 Å². The summed E-state index contributed by atoms with van der Waals surface area (Å²) in [7, 11) is -3.83. The van der Waals surface area contributed by atoms with Crippen molar-refractivity contribution in [2.75, 3.05) is 19.7 Å². The van der Waals surface area contributed by atoms with E-state index in [0.717, 1.165) is 5.56 Å². The number of ether oxygens (including phenoxy) is 1. The summed E-state index contributed by atoms with van der Waals surface area (Å²) in [5.74, 6) is -1.21. The lowest BCUT2D eigenvalue weighted by atomic mass is 10.2. The molecule has 2 N–H and O–H groups in total. The maximum atomic E-state index is 13.2. The van der Waals surface area contributed by atoms with E-state index in [0.29, 0.717) is 24.4 Å². The van der Waals surface area contributed by atoms with Gasteiger partial charge in [-0.15, -0.1) is 0 Å². The summed E-state index contributed by atoms with van der Waals surface area (Å²) in [5.41, 5.74) is 1.46. The second-order valence-corrected chi connectivity index (χ2v) is 8.89. The Labute approximate surface area is 175 Å². The van der Waals surface area contributed by atoms with Crippen molar-refractivity contribution in [1.29, 1.82) is 0 Å². The molecule has 162 valence electrons. The van der Waals surface area contributed by atoms with E-state index in [1.165, 1.54) is 10.6 Å². The largest absolute Gasteiger partial charge is 0.467 e. The van der Waals surface area contributed by atoms with E-state index in [4.69, 9.17) is 9.15 Å². The van der Waals surface area contributed by atoms with Crippen molar-refractivity contribution in [2.45, 2.75) is 37.9 Å². The SMILES string of the molecule is Cc1ccc(C)c(S(=O)(=O)N2CCCO[C@@H]2CNC(=O)C(=O)NCc2ccco2)c1. The second-order valence-electron chi connectivity index (χ2n) is 7.04. The van der Waals surface area contributed by atoms with Crippen molar-refractivity contribution in [3.8, 4) is 0 Å². The number of benzene rings is 1. The van der Waals surface area contributed by atoms with Gasteiger partial charge in [-0.25, -0.2) is 8.42 Å². The third kappa shape index (κ3) is 5.07. The van der Waals surface area contributed by atoms with Gasteiger partial charge >= 0.3 is 11.8 Å². The molecule has 9 nitrogen and oxygen atoms in total. The average molecular weight is 436 g/mol. The van der Waals surface area contributed by atoms with Crippen LogP contribution in [0.5, 0.6) is 0 Å². The fourth-order valence-electron chi connectivity index (χ4n) is 3.14. The van der Waals surface area contributed by atoms with Crippen LogP contribution in [0.3, 0.4) is 0 Å². The number of furan rings is 1. The summed E-state index contributed by atoms with van der Waals surface area (Å²) in [6.45, 7) is 4.12. The van der Waals surface area contributed by atoms with Crippen LogP contribution in [-0.2, 0) is 30.9 Å². The number of nitrogens with one attached hydrogen (secondary N) is 2. The van der Waals surface area contributed by atoms with Crippen molar-refractivity contribution in [1.82, 2.24) is 14.9 Å². The number of carbonyl (C=O) groups excluding carboxylic acids is 2. The molecule has 0 spiro atoms. The molecule has 2 heterocycles. The van der Waals surface area contributed by atoms with E-state index in [1.807, 2.05) is 13.0 Å². The minimum atomic E-state index is -3.83. The first kappa shape index (κ1) is 22.0. The Hall–Kier alpha value is -2.69. The number of carbonyl (C=O) groups is 2. The third-order valence-electron chi connectivity index (χ3n) is 4.73. The van der Waals surface area contributed by atoms with E-state index in [9.17, 15) is 18.0 Å². The first-order chi connectivity index (χ1) is 14.3. The van der Waals surface area contributed by atoms with Gasteiger partial charge in [0.25, 0.3) is 0 Å². The summed E-state index contributed by atoms with van der Waals surface area (Å²) < 4.78 is 38.4. The van der Waals surface area contributed by atoms with E-state index in [-0.39, 0.29) is 24.5 Å². The van der Waals surface area contributed by atoms with Crippen LogP contribution in [0.25, 0.3) is 0 Å². The van der Waals surface area contributed by atoms with Crippen molar-refractivity contribution in [3.63, 3.8) is 0 Å². The Morgan fingerprint density at radius 1 is 1.17 bits per heavy atom. The molecule has 0 radical (unpaired) electrons. The number of hydrogen-bond acceptors (Lipinski definition) is 6. The van der Waals surface area contributed by atoms with Gasteiger partial charge in [0, 0.05) is 6.54 Å². The predicted molar refractivity (Wildman–Crippen MR) is 108 cm³/mol. The Balaban J connectivity index is 1.64. The summed E-state index contributed by atoms with van der Waals surface area (Å²) >= 11 is 0. The summed E-state index contributed by atoms with van der Waals surface area (Å²) in [6, 6.07) is 8.57. The van der Waals surface area contributed by atoms with Crippen LogP contribution in [0.15, 0.2) is 45.9 Å². The summed E-state index contributed by atoms with van der Waals surface area (Å²) in [6.07, 6.45) is 1.11. The van der Waals surface area contributed by atoms with E-state index >= 15 is 0 Å². The van der Waals surface area contributed by atoms with Crippen LogP contribution in [0, 0.1) is 13.8 Å². The van der Waals surface area contributed by atoms with Crippen LogP contribution >= 0.6 is 0 Å². The zero-order valence-electron chi connectivity index (χ0n) is 16.9. The molecule has 10 heteroatoms. The van der Waals surface area contributed by atoms with Gasteiger partial charge in [0.2, 0.25) is 10.0 Å². The highest BCUT2D eigenvalue weighted by Crippen LogP contribution is 2.25. The van der Waals surface area contributed by atoms with Crippen LogP contribution in [0.1, 0.15) is 23.3 Å². The standard InChI is InChI=1S/C20H25N3O6S/c1-14-6-7-15(2)17(11-14)30(26,27)23-8-4-10-29-18(23)13-22-20(25)19(24)21-12-16-5-3-9-28-16/h3,5-7,9,11,18H,4,8,10,12-13H2,1-2H3,(H,21,24)(H,22,25)/t18-/m1/s1. The second kappa shape index (κ2) is 9.41. The monoisotopic (exact) mass is 435 g/mol. The van der Waals surface area contributed by atoms with Gasteiger partial charge in [-0.1, -0.05) is 12.1 Å². The summed E-state index contributed by atoms with van der Waals surface area (Å²) in [5, 5.41) is 4.89. The Morgan fingerprint density at radius 2 is 1.93 bits per heavy atom. The molecular formula is C20H25N3O6S. The van der Waals surface area contributed by atoms with Gasteiger partial charge in [0.05, 0.1) is 30.9 Å². The predicted octanol–water partition coefficient (Wildman–Crippen LogP) is 1.07. The fraction of sp³-hybridized carbons (Fsp3) is 0.400. The van der Waals surface area contributed by atoms with Crippen molar-refractivity contribution in [3.05, 3.63) is 53.5 Å². The number of hydrogen-bond donors (Lipinski definition) is 2. The molecule has 2 aromatic rings. The van der Waals surface area contributed by atoms with Crippen LogP contribution in [0.2, 0.25) is 0 Å². The maximum absolute atomic E-state index is 13.2. The molecule has 1 atom stereocenters. The molecule has 1 aromatic heterocycles. The molecular weight excluding hydrogens is 410 g/mol. The quantitative estimate of drug-likeness (QED) is 0.656. The molecule has 1 aromatic carbocycles. The molecule has 0 bridgehead atoms.